The zero-order valence-corrected chi connectivity index (χ0v) is 12.0. The topological polar surface area (TPSA) is 42.7 Å². The van der Waals surface area contributed by atoms with E-state index >= 15 is 0 Å². The predicted octanol–water partition coefficient (Wildman–Crippen LogP) is 2.83. The van der Waals surface area contributed by atoms with Gasteiger partial charge in [-0.2, -0.15) is 26.3 Å². The summed E-state index contributed by atoms with van der Waals surface area (Å²) >= 11 is 1.72. The zero-order chi connectivity index (χ0) is 13.8. The Hall–Kier alpha value is -1.98. The molecule has 0 aliphatic carbocycles. The van der Waals surface area contributed by atoms with Crippen LogP contribution in [-0.2, 0) is 6.42 Å². The monoisotopic (exact) mass is 284 g/mol. The molecule has 2 heterocycles. The Morgan fingerprint density at radius 3 is 2.80 bits per heavy atom. The van der Waals surface area contributed by atoms with E-state index in [4.69, 9.17) is 0 Å². The lowest BCUT2D eigenvalue weighted by Crippen LogP contribution is -2.19. The quantitative estimate of drug-likeness (QED) is 0.783. The highest BCUT2D eigenvalue weighted by Gasteiger charge is 2.14. The summed E-state index contributed by atoms with van der Waals surface area (Å²) in [4.78, 5) is 1.67. The van der Waals surface area contributed by atoms with Crippen molar-refractivity contribution in [3.05, 3.63) is 64.6 Å². The lowest BCUT2D eigenvalue weighted by Gasteiger charge is -2.11. The number of likely N-dealkylation sites (N-methyl/N-ethyl adjacent to an activating group) is 1. The van der Waals surface area contributed by atoms with Crippen molar-refractivity contribution in [1.29, 1.82) is 0 Å². The molecule has 0 aliphatic heterocycles. The second-order valence-electron chi connectivity index (χ2n) is 4.57. The molecule has 102 valence electrons. The molecule has 1 N–H and O–H groups in total. The van der Waals surface area contributed by atoms with E-state index in [1.165, 1.54) is 5.56 Å². The van der Waals surface area contributed by atoms with Crippen LogP contribution in [0.2, 0.25) is 0 Å². The molecule has 5 heteroatoms. The summed E-state index contributed by atoms with van der Waals surface area (Å²) in [7, 11) is 1.96. The third kappa shape index (κ3) is 2.79. The average molecular weight is 284 g/mol. The van der Waals surface area contributed by atoms with Crippen LogP contribution in [0, 0.1) is 0 Å². The Morgan fingerprint density at radius 2 is 2.10 bits per heavy atom. The minimum absolute atomic E-state index is 0.182. The Morgan fingerprint density at radius 1 is 1.25 bits per heavy atom. The third-order valence-corrected chi connectivity index (χ3v) is 3.95. The second kappa shape index (κ2) is 5.98. The molecule has 0 aliphatic rings. The molecule has 3 aromatic rings. The van der Waals surface area contributed by atoms with Gasteiger partial charge in [-0.15, -0.1) is 0 Å². The molecule has 1 aromatic carbocycles. The molecule has 0 radical (unpaired) electrons. The number of hydrogen-bond donors (Lipinski definition) is 1. The lowest BCUT2D eigenvalue weighted by atomic mass is 10.1. The summed E-state index contributed by atoms with van der Waals surface area (Å²) in [6.45, 7) is 0. The maximum atomic E-state index is 4.58. The van der Waals surface area contributed by atoms with Crippen molar-refractivity contribution in [2.75, 3.05) is 7.05 Å². The number of hydrogen-bond acceptors (Lipinski definition) is 4. The van der Waals surface area contributed by atoms with Crippen LogP contribution in [-0.4, -0.2) is 22.0 Å². The minimum atomic E-state index is 0.182. The maximum absolute atomic E-state index is 4.58. The van der Waals surface area contributed by atoms with Gasteiger partial charge < -0.3 is 5.32 Å². The summed E-state index contributed by atoms with van der Waals surface area (Å²) in [5, 5.41) is 16.5. The second-order valence-corrected chi connectivity index (χ2v) is 5.35. The van der Waals surface area contributed by atoms with Crippen molar-refractivity contribution in [2.24, 2.45) is 0 Å². The van der Waals surface area contributed by atoms with Gasteiger partial charge in [0.05, 0.1) is 17.9 Å². The van der Waals surface area contributed by atoms with Crippen LogP contribution in [0.15, 0.2) is 53.4 Å². The summed E-state index contributed by atoms with van der Waals surface area (Å²) < 4.78 is 0. The molecule has 0 spiro atoms. The smallest absolute Gasteiger partial charge is 0.100 e. The van der Waals surface area contributed by atoms with Crippen molar-refractivity contribution in [1.82, 2.24) is 20.3 Å². The summed E-state index contributed by atoms with van der Waals surface area (Å²) in [5.41, 5.74) is 3.26. The highest BCUT2D eigenvalue weighted by atomic mass is 32.1. The maximum Gasteiger partial charge on any atom is 0.100 e. The van der Waals surface area contributed by atoms with Gasteiger partial charge >= 0.3 is 0 Å². The summed E-state index contributed by atoms with van der Waals surface area (Å²) in [5.74, 6) is 0. The van der Waals surface area contributed by atoms with E-state index in [1.807, 2.05) is 43.6 Å². The van der Waals surface area contributed by atoms with Gasteiger partial charge in [0.15, 0.2) is 0 Å². The largest absolute Gasteiger partial charge is 0.311 e. The Labute approximate surface area is 122 Å². The number of thiophene rings is 1. The van der Waals surface area contributed by atoms with E-state index in [2.05, 4.69) is 32.3 Å². The van der Waals surface area contributed by atoms with E-state index in [9.17, 15) is 0 Å². The van der Waals surface area contributed by atoms with Gasteiger partial charge in [0.25, 0.3) is 0 Å². The van der Waals surface area contributed by atoms with Crippen molar-refractivity contribution in [3.63, 3.8) is 0 Å². The van der Waals surface area contributed by atoms with Crippen LogP contribution in [0.3, 0.4) is 0 Å². The van der Waals surface area contributed by atoms with Gasteiger partial charge in [0.1, 0.15) is 5.69 Å². The normalized spacial score (nSPS) is 12.4. The average Bonchev–Trinajstić information content (AvgIpc) is 3.17. The van der Waals surface area contributed by atoms with Crippen LogP contribution in [0.5, 0.6) is 0 Å². The molecule has 0 saturated carbocycles. The molecule has 20 heavy (non-hydrogen) atoms. The first-order valence-corrected chi connectivity index (χ1v) is 7.47. The Bertz CT molecular complexity index is 646. The molecule has 2 aromatic heterocycles. The van der Waals surface area contributed by atoms with Crippen LogP contribution in [0.1, 0.15) is 17.3 Å². The Kier molecular flexibility index (Phi) is 3.90. The van der Waals surface area contributed by atoms with E-state index in [1.54, 1.807) is 16.1 Å². The van der Waals surface area contributed by atoms with Crippen LogP contribution in [0.25, 0.3) is 5.69 Å². The molecular weight excluding hydrogens is 268 g/mol. The van der Waals surface area contributed by atoms with Crippen molar-refractivity contribution in [3.8, 4) is 5.69 Å². The molecule has 1 unspecified atom stereocenters. The molecule has 0 fully saturated rings. The van der Waals surface area contributed by atoms with Gasteiger partial charge in [-0.1, -0.05) is 18.2 Å². The summed E-state index contributed by atoms with van der Waals surface area (Å²) in [6, 6.07) is 12.3. The highest BCUT2D eigenvalue weighted by Crippen LogP contribution is 2.18. The van der Waals surface area contributed by atoms with Gasteiger partial charge in [-0.25, -0.2) is 0 Å². The van der Waals surface area contributed by atoms with E-state index in [0.717, 1.165) is 17.8 Å². The highest BCUT2D eigenvalue weighted by molar-refractivity contribution is 7.07. The number of rotatable bonds is 5. The number of para-hydroxylation sites is 1. The van der Waals surface area contributed by atoms with Crippen LogP contribution in [0.4, 0.5) is 0 Å². The standard InChI is InChI=1S/C15H16N4S/c1-16-14(9-12-7-8-20-11-12)15-10-17-19(18-15)13-5-3-2-4-6-13/h2-8,10-11,14,16H,9H2,1H3. The van der Waals surface area contributed by atoms with Gasteiger partial charge in [0, 0.05) is 0 Å². The van der Waals surface area contributed by atoms with Gasteiger partial charge in [-0.3, -0.25) is 0 Å². The minimum Gasteiger partial charge on any atom is -0.311 e. The number of benzene rings is 1. The number of aromatic nitrogens is 3. The third-order valence-electron chi connectivity index (χ3n) is 3.22. The SMILES string of the molecule is CNC(Cc1ccsc1)c1cnn(-c2ccccc2)n1. The molecule has 0 saturated heterocycles. The first-order valence-electron chi connectivity index (χ1n) is 6.53. The lowest BCUT2D eigenvalue weighted by molar-refractivity contribution is 0.568. The fourth-order valence-electron chi connectivity index (χ4n) is 2.12. The molecule has 1 atom stereocenters. The van der Waals surface area contributed by atoms with E-state index < -0.39 is 0 Å². The fourth-order valence-corrected chi connectivity index (χ4v) is 2.80. The van der Waals surface area contributed by atoms with Crippen molar-refractivity contribution in [2.45, 2.75) is 12.5 Å². The molecule has 4 nitrogen and oxygen atoms in total. The first kappa shape index (κ1) is 13.0. The molecule has 0 amide bonds. The predicted molar refractivity (Wildman–Crippen MR) is 81.2 cm³/mol. The van der Waals surface area contributed by atoms with Crippen LogP contribution < -0.4 is 5.32 Å². The Balaban J connectivity index is 1.81. The summed E-state index contributed by atoms with van der Waals surface area (Å²) in [6.07, 6.45) is 2.76. The van der Waals surface area contributed by atoms with E-state index in [-0.39, 0.29) is 6.04 Å². The van der Waals surface area contributed by atoms with Crippen LogP contribution >= 0.6 is 11.3 Å². The first-order chi connectivity index (χ1) is 9.86. The number of nitrogens with one attached hydrogen (secondary N) is 1. The van der Waals surface area contributed by atoms with Crippen molar-refractivity contribution < 1.29 is 0 Å². The molecule has 3 rings (SSSR count). The molecular formula is C15H16N4S. The number of nitrogens with zero attached hydrogens (tertiary/aromatic N) is 3. The van der Waals surface area contributed by atoms with Gasteiger partial charge in [-0.05, 0) is 48.0 Å². The van der Waals surface area contributed by atoms with Crippen molar-refractivity contribution >= 4 is 11.3 Å². The zero-order valence-electron chi connectivity index (χ0n) is 11.2. The van der Waals surface area contributed by atoms with E-state index in [0.29, 0.717) is 0 Å². The van der Waals surface area contributed by atoms with Gasteiger partial charge in [0.2, 0.25) is 0 Å². The molecule has 0 bridgehead atoms. The fraction of sp³-hybridized carbons (Fsp3) is 0.200.